The lowest BCUT2D eigenvalue weighted by atomic mass is 9.81. The Kier molecular flexibility index (Phi) is 4.30. The van der Waals surface area contributed by atoms with E-state index in [1.165, 1.54) is 6.33 Å². The van der Waals surface area contributed by atoms with Crippen LogP contribution in [0, 0.1) is 12.8 Å². The predicted molar refractivity (Wildman–Crippen MR) is 104 cm³/mol. The summed E-state index contributed by atoms with van der Waals surface area (Å²) in [6.45, 7) is 3.58. The summed E-state index contributed by atoms with van der Waals surface area (Å²) in [7, 11) is 0. The molecule has 9 heteroatoms. The lowest BCUT2D eigenvalue weighted by Crippen LogP contribution is -2.41. The minimum absolute atomic E-state index is 0.00389. The summed E-state index contributed by atoms with van der Waals surface area (Å²) in [5.74, 6) is 0.811. The third-order valence-corrected chi connectivity index (χ3v) is 5.96. The van der Waals surface area contributed by atoms with Crippen LogP contribution in [0.4, 0.5) is 0 Å². The maximum absolute atomic E-state index is 13.1. The third kappa shape index (κ3) is 2.94. The van der Waals surface area contributed by atoms with Crippen molar-refractivity contribution in [2.24, 2.45) is 5.92 Å². The second-order valence-electron chi connectivity index (χ2n) is 7.83. The van der Waals surface area contributed by atoms with Crippen molar-refractivity contribution >= 4 is 11.8 Å². The van der Waals surface area contributed by atoms with Crippen molar-refractivity contribution in [1.29, 1.82) is 0 Å². The number of likely N-dealkylation sites (tertiary alicyclic amines) is 2. The number of amides is 2. The van der Waals surface area contributed by atoms with E-state index in [9.17, 15) is 9.59 Å². The van der Waals surface area contributed by atoms with Crippen LogP contribution in [0.15, 0.2) is 53.4 Å². The second kappa shape index (κ2) is 7.01. The first-order valence-electron chi connectivity index (χ1n) is 9.77. The molecule has 0 spiro atoms. The Hall–Kier alpha value is -3.62. The number of aryl methyl sites for hydroxylation is 1. The van der Waals surface area contributed by atoms with E-state index in [2.05, 4.69) is 20.1 Å². The van der Waals surface area contributed by atoms with E-state index < -0.39 is 5.41 Å². The van der Waals surface area contributed by atoms with Gasteiger partial charge in [-0.05, 0) is 25.1 Å². The quantitative estimate of drug-likeness (QED) is 0.648. The minimum atomic E-state index is -0.589. The fraction of sp³-hybridized carbons (Fsp3) is 0.333. The molecule has 5 rings (SSSR count). The largest absolute Gasteiger partial charge is 0.339 e. The van der Waals surface area contributed by atoms with Crippen LogP contribution in [0.25, 0.3) is 0 Å². The Morgan fingerprint density at radius 2 is 1.80 bits per heavy atom. The highest BCUT2D eigenvalue weighted by molar-refractivity contribution is 5.95. The molecule has 152 valence electrons. The molecule has 2 atom stereocenters. The maximum Gasteiger partial charge on any atom is 0.272 e. The van der Waals surface area contributed by atoms with Gasteiger partial charge >= 0.3 is 0 Å². The fourth-order valence-corrected chi connectivity index (χ4v) is 4.52. The van der Waals surface area contributed by atoms with Gasteiger partial charge in [0.2, 0.25) is 5.89 Å². The van der Waals surface area contributed by atoms with Gasteiger partial charge < -0.3 is 14.3 Å². The number of carbonyl (C=O) groups excluding carboxylic acids is 2. The topological polar surface area (TPSA) is 105 Å². The Morgan fingerprint density at radius 1 is 1.07 bits per heavy atom. The van der Waals surface area contributed by atoms with Crippen molar-refractivity contribution in [1.82, 2.24) is 29.9 Å². The summed E-state index contributed by atoms with van der Waals surface area (Å²) in [6, 6.07) is 10.8. The standard InChI is InChI=1S/C21H20N6O3/c1-14-24-20(30-25-14)21-11-26(18(28)15-5-3-2-4-6-15)9-16(21)10-27(12-21)19(29)17-7-8-22-13-23-17/h2-8,13,16H,9-12H2,1H3/t16-,21-/m1/s1. The van der Waals surface area contributed by atoms with E-state index in [1.54, 1.807) is 24.1 Å². The highest BCUT2D eigenvalue weighted by Gasteiger charge is 2.58. The van der Waals surface area contributed by atoms with Crippen molar-refractivity contribution in [3.8, 4) is 0 Å². The van der Waals surface area contributed by atoms with Gasteiger partial charge in [0.1, 0.15) is 12.0 Å². The maximum atomic E-state index is 13.1. The second-order valence-corrected chi connectivity index (χ2v) is 7.83. The molecule has 2 fully saturated rings. The van der Waals surface area contributed by atoms with Gasteiger partial charge in [-0.25, -0.2) is 9.97 Å². The van der Waals surface area contributed by atoms with Crippen LogP contribution in [0.2, 0.25) is 0 Å². The highest BCUT2D eigenvalue weighted by atomic mass is 16.5. The van der Waals surface area contributed by atoms with Gasteiger partial charge in [0.05, 0.1) is 5.41 Å². The first-order chi connectivity index (χ1) is 14.6. The van der Waals surface area contributed by atoms with E-state index in [0.29, 0.717) is 49.2 Å². The van der Waals surface area contributed by atoms with E-state index in [0.717, 1.165) is 0 Å². The number of rotatable bonds is 3. The first-order valence-corrected chi connectivity index (χ1v) is 9.77. The van der Waals surface area contributed by atoms with Crippen molar-refractivity contribution in [3.05, 3.63) is 71.9 Å². The molecule has 2 aliphatic rings. The average Bonchev–Trinajstić information content (AvgIpc) is 3.46. The lowest BCUT2D eigenvalue weighted by molar-refractivity contribution is 0.0724. The molecule has 30 heavy (non-hydrogen) atoms. The van der Waals surface area contributed by atoms with Crippen LogP contribution in [0.3, 0.4) is 0 Å². The number of nitrogens with zero attached hydrogens (tertiary/aromatic N) is 6. The van der Waals surface area contributed by atoms with Gasteiger partial charge in [-0.1, -0.05) is 23.4 Å². The average molecular weight is 404 g/mol. The number of hydrogen-bond donors (Lipinski definition) is 0. The molecule has 0 unspecified atom stereocenters. The molecule has 0 aliphatic carbocycles. The van der Waals surface area contributed by atoms with Crippen LogP contribution in [0.5, 0.6) is 0 Å². The predicted octanol–water partition coefficient (Wildman–Crippen LogP) is 1.33. The monoisotopic (exact) mass is 404 g/mol. The SMILES string of the molecule is Cc1noc([C@@]23CN(C(=O)c4ccccc4)C[C@@H]2CN(C(=O)c2ccncn2)C3)n1. The molecule has 9 nitrogen and oxygen atoms in total. The van der Waals surface area contributed by atoms with E-state index in [4.69, 9.17) is 4.52 Å². The van der Waals surface area contributed by atoms with Crippen LogP contribution < -0.4 is 0 Å². The highest BCUT2D eigenvalue weighted by Crippen LogP contribution is 2.45. The number of hydrogen-bond acceptors (Lipinski definition) is 7. The van der Waals surface area contributed by atoms with E-state index in [-0.39, 0.29) is 17.7 Å². The van der Waals surface area contributed by atoms with E-state index >= 15 is 0 Å². The summed E-state index contributed by atoms with van der Waals surface area (Å²) in [4.78, 5) is 42.1. The fourth-order valence-electron chi connectivity index (χ4n) is 4.52. The van der Waals surface area contributed by atoms with Crippen molar-refractivity contribution in [2.45, 2.75) is 12.3 Å². The number of aromatic nitrogens is 4. The molecule has 1 aromatic carbocycles. The van der Waals surface area contributed by atoms with Gasteiger partial charge in [0.25, 0.3) is 11.8 Å². The molecule has 2 aromatic heterocycles. The number of benzene rings is 1. The Morgan fingerprint density at radius 3 is 2.43 bits per heavy atom. The van der Waals surface area contributed by atoms with Crippen molar-refractivity contribution < 1.29 is 14.1 Å². The third-order valence-electron chi connectivity index (χ3n) is 5.96. The smallest absolute Gasteiger partial charge is 0.272 e. The normalized spacial score (nSPS) is 22.9. The van der Waals surface area contributed by atoms with Crippen LogP contribution in [-0.4, -0.2) is 67.9 Å². The molecular weight excluding hydrogens is 384 g/mol. The van der Waals surface area contributed by atoms with Gasteiger partial charge in [0, 0.05) is 43.9 Å². The summed E-state index contributed by atoms with van der Waals surface area (Å²) >= 11 is 0. The number of fused-ring (bicyclic) bond motifs is 1. The number of carbonyl (C=O) groups is 2. The molecular formula is C21H20N6O3. The summed E-state index contributed by atoms with van der Waals surface area (Å²) in [6.07, 6.45) is 2.91. The van der Waals surface area contributed by atoms with Crippen molar-refractivity contribution in [3.63, 3.8) is 0 Å². The molecule has 0 saturated carbocycles. The molecule has 0 bridgehead atoms. The minimum Gasteiger partial charge on any atom is -0.339 e. The Bertz CT molecular complexity index is 1020. The molecule has 0 N–H and O–H groups in total. The summed E-state index contributed by atoms with van der Waals surface area (Å²) in [5.41, 5.74) is 0.399. The Labute approximate surface area is 172 Å². The van der Waals surface area contributed by atoms with E-state index in [1.807, 2.05) is 35.2 Å². The molecule has 2 aliphatic heterocycles. The van der Waals surface area contributed by atoms with Crippen LogP contribution >= 0.6 is 0 Å². The first kappa shape index (κ1) is 18.4. The molecule has 2 amide bonds. The summed E-state index contributed by atoms with van der Waals surface area (Å²) in [5, 5.41) is 3.96. The van der Waals surface area contributed by atoms with Crippen LogP contribution in [0.1, 0.15) is 32.6 Å². The van der Waals surface area contributed by atoms with Gasteiger partial charge in [-0.3, -0.25) is 9.59 Å². The molecule has 4 heterocycles. The van der Waals surface area contributed by atoms with Gasteiger partial charge in [-0.2, -0.15) is 4.98 Å². The molecule has 3 aromatic rings. The van der Waals surface area contributed by atoms with Gasteiger partial charge in [0.15, 0.2) is 5.82 Å². The zero-order valence-electron chi connectivity index (χ0n) is 16.4. The Balaban J connectivity index is 1.45. The zero-order valence-corrected chi connectivity index (χ0v) is 16.4. The van der Waals surface area contributed by atoms with Gasteiger partial charge in [-0.15, -0.1) is 0 Å². The van der Waals surface area contributed by atoms with Crippen LogP contribution in [-0.2, 0) is 5.41 Å². The summed E-state index contributed by atoms with van der Waals surface area (Å²) < 4.78 is 5.56. The lowest BCUT2D eigenvalue weighted by Gasteiger charge is -2.26. The molecule has 2 saturated heterocycles. The zero-order chi connectivity index (χ0) is 20.7. The van der Waals surface area contributed by atoms with Crippen molar-refractivity contribution in [2.75, 3.05) is 26.2 Å². The molecule has 0 radical (unpaired) electrons.